The Labute approximate surface area is 383 Å². The molecule has 67 heavy (non-hydrogen) atoms. The van der Waals surface area contributed by atoms with Crippen LogP contribution in [-0.2, 0) is 31.1 Å². The van der Waals surface area contributed by atoms with E-state index in [1.807, 2.05) is 41.1 Å². The average molecular weight is 937 g/mol. The van der Waals surface area contributed by atoms with Gasteiger partial charge in [0, 0.05) is 85.7 Å². The lowest BCUT2D eigenvalue weighted by Crippen LogP contribution is -2.52. The third-order valence-corrected chi connectivity index (χ3v) is 15.4. The molecule has 0 saturated carbocycles. The van der Waals surface area contributed by atoms with Gasteiger partial charge in [0.2, 0.25) is 23.5 Å². The summed E-state index contributed by atoms with van der Waals surface area (Å²) < 4.78 is 73.1. The van der Waals surface area contributed by atoms with Crippen molar-refractivity contribution in [2.24, 2.45) is 5.92 Å². The molecule has 4 amide bonds. The van der Waals surface area contributed by atoms with Gasteiger partial charge in [-0.2, -0.15) is 12.7 Å². The van der Waals surface area contributed by atoms with Crippen LogP contribution in [0.15, 0.2) is 73.1 Å². The van der Waals surface area contributed by atoms with Crippen LogP contribution in [0.3, 0.4) is 0 Å². The number of hydrogen-bond acceptors (Lipinski definition) is 9. The number of carbonyl (C=O) groups excluding carboxylic acids is 5. The summed E-state index contributed by atoms with van der Waals surface area (Å²) in [7, 11) is -4.38. The predicted molar refractivity (Wildman–Crippen MR) is 241 cm³/mol. The first kappa shape index (κ1) is 44.4. The third kappa shape index (κ3) is 8.59. The third-order valence-electron chi connectivity index (χ3n) is 13.9. The summed E-state index contributed by atoms with van der Waals surface area (Å²) in [6, 6.07) is 16.0. The van der Waals surface area contributed by atoms with E-state index in [1.54, 1.807) is 22.1 Å². The summed E-state index contributed by atoms with van der Waals surface area (Å²) in [5.74, 6) is -3.95. The van der Waals surface area contributed by atoms with Crippen LogP contribution < -0.4 is 14.9 Å². The number of aromatic nitrogens is 2. The minimum atomic E-state index is -4.38. The Bertz CT molecular complexity index is 2960. The van der Waals surface area contributed by atoms with E-state index >= 15 is 8.78 Å². The quantitative estimate of drug-likeness (QED) is 0.108. The number of rotatable bonds is 11. The lowest BCUT2D eigenvalue weighted by atomic mass is 9.87. The van der Waals surface area contributed by atoms with Crippen molar-refractivity contribution in [1.29, 1.82) is 0 Å². The van der Waals surface area contributed by atoms with Crippen molar-refractivity contribution in [1.82, 2.24) is 29.4 Å². The molecule has 15 nitrogen and oxygen atoms in total. The van der Waals surface area contributed by atoms with Crippen LogP contribution in [0.25, 0.3) is 22.2 Å². The summed E-state index contributed by atoms with van der Waals surface area (Å²) in [6.07, 6.45) is 5.21. The highest BCUT2D eigenvalue weighted by Gasteiger charge is 2.40. The largest absolute Gasteiger partial charge is 0.345 e. The first-order chi connectivity index (χ1) is 32.2. The maximum atomic E-state index is 15.8. The van der Waals surface area contributed by atoms with Gasteiger partial charge in [0.1, 0.15) is 23.7 Å². The maximum absolute atomic E-state index is 15.8. The van der Waals surface area contributed by atoms with Crippen LogP contribution in [0, 0.1) is 17.6 Å². The second kappa shape index (κ2) is 17.7. The SMILES string of the molecule is O=C1CCC(N2Cc3cc(C4CCN(C[C@H]5CCN(c6ccc(-c7cnc8[nH]cc(C(=O)c9c(F)ccc(NS(=O)(=O)N%10CC[C@@H](F)C%10)c9F)c8c7)cc6)C(=O)C5)CC4)ccc3C2=O)C(=O)N1. The molecule has 4 fully saturated rings. The number of aromatic amines is 1. The number of fused-ring (bicyclic) bond motifs is 2. The highest BCUT2D eigenvalue weighted by Crippen LogP contribution is 2.36. The number of piperidine rings is 3. The number of nitrogens with zero attached hydrogens (tertiary/aromatic N) is 5. The van der Waals surface area contributed by atoms with Crippen LogP contribution >= 0.6 is 0 Å². The normalized spacial score (nSPS) is 22.2. The Morgan fingerprint density at radius 2 is 1.67 bits per heavy atom. The van der Waals surface area contributed by atoms with Crippen molar-refractivity contribution >= 4 is 62.0 Å². The maximum Gasteiger partial charge on any atom is 0.301 e. The number of likely N-dealkylation sites (tertiary alicyclic amines) is 1. The molecule has 10 rings (SSSR count). The zero-order valence-electron chi connectivity index (χ0n) is 36.3. The number of hydrogen-bond donors (Lipinski definition) is 3. The van der Waals surface area contributed by atoms with Gasteiger partial charge in [0.15, 0.2) is 5.82 Å². The van der Waals surface area contributed by atoms with Crippen molar-refractivity contribution in [2.75, 3.05) is 48.9 Å². The number of anilines is 2. The Morgan fingerprint density at radius 1 is 0.881 bits per heavy atom. The molecule has 5 aliphatic rings. The zero-order chi connectivity index (χ0) is 46.7. The zero-order valence-corrected chi connectivity index (χ0v) is 37.1. The summed E-state index contributed by atoms with van der Waals surface area (Å²) in [4.78, 5) is 77.7. The number of alkyl halides is 1. The first-order valence-electron chi connectivity index (χ1n) is 22.5. The second-order valence-corrected chi connectivity index (χ2v) is 19.8. The molecule has 0 aliphatic carbocycles. The Balaban J connectivity index is 0.743. The molecule has 5 aliphatic heterocycles. The number of carbonyl (C=O) groups is 5. The van der Waals surface area contributed by atoms with Gasteiger partial charge in [-0.1, -0.05) is 24.3 Å². The molecule has 2 aromatic heterocycles. The standard InChI is InChI=1S/C48H47F3N8O7S/c49-33-14-17-57(26-33)67(65,66)55-39-8-7-38(50)43(44(39)51)45(62)37-23-53-46-36(37)21-31(22-52-46)28-1-4-34(5-2-28)58-18-11-27(19-42(58)61)24-56-15-12-29(13-16-56)30-3-6-35-32(20-30)25-59(48(35)64)40-9-10-41(60)54-47(40)63/h1-8,20-23,27,29,33,40,55H,9-19,24-26H2,(H,52,53)(H,54,60,63)/t27-,33+,40?/m0/s1. The summed E-state index contributed by atoms with van der Waals surface area (Å²) >= 11 is 0. The molecule has 348 valence electrons. The fourth-order valence-electron chi connectivity index (χ4n) is 10.3. The number of imide groups is 1. The van der Waals surface area contributed by atoms with E-state index in [-0.39, 0.29) is 59.6 Å². The van der Waals surface area contributed by atoms with Crippen molar-refractivity contribution in [3.63, 3.8) is 0 Å². The first-order valence-corrected chi connectivity index (χ1v) is 24.0. The topological polar surface area (TPSA) is 185 Å². The van der Waals surface area contributed by atoms with Crippen molar-refractivity contribution in [2.45, 2.75) is 69.6 Å². The van der Waals surface area contributed by atoms with E-state index in [1.165, 1.54) is 11.8 Å². The lowest BCUT2D eigenvalue weighted by Gasteiger charge is -2.37. The number of ketones is 1. The number of nitrogens with one attached hydrogen (secondary N) is 3. The summed E-state index contributed by atoms with van der Waals surface area (Å²) in [5.41, 5.74) is 3.35. The highest BCUT2D eigenvalue weighted by molar-refractivity contribution is 7.90. The van der Waals surface area contributed by atoms with Crippen molar-refractivity contribution in [3.05, 3.63) is 113 Å². The Hall–Kier alpha value is -6.44. The monoisotopic (exact) mass is 936 g/mol. The van der Waals surface area contributed by atoms with Crippen molar-refractivity contribution < 1.29 is 45.6 Å². The second-order valence-electron chi connectivity index (χ2n) is 18.1. The fourth-order valence-corrected chi connectivity index (χ4v) is 11.5. The summed E-state index contributed by atoms with van der Waals surface area (Å²) in [6.45, 7) is 3.03. The summed E-state index contributed by atoms with van der Waals surface area (Å²) in [5, 5.41) is 2.64. The minimum absolute atomic E-state index is 0.00954. The van der Waals surface area contributed by atoms with Gasteiger partial charge in [-0.05, 0) is 110 Å². The van der Waals surface area contributed by atoms with E-state index in [0.717, 1.165) is 72.1 Å². The molecule has 3 N–H and O–H groups in total. The van der Waals surface area contributed by atoms with Crippen LogP contribution in [0.2, 0.25) is 0 Å². The molecule has 19 heteroatoms. The molecule has 4 saturated heterocycles. The van der Waals surface area contributed by atoms with Crippen LogP contribution in [-0.4, -0.2) is 113 Å². The fraction of sp³-hybridized carbons (Fsp3) is 0.375. The molecule has 3 atom stereocenters. The predicted octanol–water partition coefficient (Wildman–Crippen LogP) is 5.82. The molecule has 0 radical (unpaired) electrons. The van der Waals surface area contributed by atoms with Crippen LogP contribution in [0.4, 0.5) is 24.5 Å². The Morgan fingerprint density at radius 3 is 2.40 bits per heavy atom. The smallest absolute Gasteiger partial charge is 0.301 e. The molecule has 1 unspecified atom stereocenters. The molecule has 7 heterocycles. The van der Waals surface area contributed by atoms with Gasteiger partial charge in [0.05, 0.1) is 11.3 Å². The van der Waals surface area contributed by atoms with Crippen molar-refractivity contribution in [3.8, 4) is 11.1 Å². The van der Waals surface area contributed by atoms with E-state index < -0.39 is 63.5 Å². The van der Waals surface area contributed by atoms with Gasteiger partial charge in [0.25, 0.3) is 5.91 Å². The lowest BCUT2D eigenvalue weighted by molar-refractivity contribution is -0.137. The average Bonchev–Trinajstić information content (AvgIpc) is 4.04. The number of halogens is 3. The Kier molecular flexibility index (Phi) is 11.7. The van der Waals surface area contributed by atoms with Gasteiger partial charge in [-0.15, -0.1) is 0 Å². The van der Waals surface area contributed by atoms with Crippen LogP contribution in [0.1, 0.15) is 88.3 Å². The van der Waals surface area contributed by atoms with E-state index in [0.29, 0.717) is 43.0 Å². The van der Waals surface area contributed by atoms with E-state index in [2.05, 4.69) is 26.3 Å². The molecular weight excluding hydrogens is 890 g/mol. The van der Waals surface area contributed by atoms with Gasteiger partial charge >= 0.3 is 10.2 Å². The van der Waals surface area contributed by atoms with Crippen LogP contribution in [0.5, 0.6) is 0 Å². The molecule has 5 aromatic rings. The number of amides is 4. The van der Waals surface area contributed by atoms with E-state index in [9.17, 15) is 36.8 Å². The molecule has 0 bridgehead atoms. The number of H-pyrrole nitrogens is 1. The molecule has 0 spiro atoms. The van der Waals surface area contributed by atoms with Gasteiger partial charge in [-0.25, -0.2) is 18.2 Å². The van der Waals surface area contributed by atoms with Gasteiger partial charge in [-0.3, -0.25) is 34.0 Å². The molecule has 3 aromatic carbocycles. The number of pyridine rings is 1. The van der Waals surface area contributed by atoms with E-state index in [4.69, 9.17) is 0 Å². The minimum Gasteiger partial charge on any atom is -0.345 e. The number of benzene rings is 3. The highest BCUT2D eigenvalue weighted by atomic mass is 32.2. The van der Waals surface area contributed by atoms with Gasteiger partial charge < -0.3 is 19.7 Å². The molecular formula is C48H47F3N8O7S.